The van der Waals surface area contributed by atoms with E-state index in [1.165, 1.54) is 31.9 Å². The molecule has 9 aromatic rings. The molecule has 15 nitrogen and oxygen atoms in total. The van der Waals surface area contributed by atoms with Gasteiger partial charge in [-0.1, -0.05) is 151 Å². The van der Waals surface area contributed by atoms with Crippen LogP contribution < -0.4 is 25.4 Å². The van der Waals surface area contributed by atoms with Gasteiger partial charge >= 0.3 is 17.9 Å². The number of phenols is 1. The SMILES string of the molecule is C.COC(=O)CC1NC(=O)c2cc(O)ccc21.COC(=O)CC1NC(=O)c2cc(OCc3cccc(-c4cccc(Cl)c4C)c3)ccc21.Cc1c(Cl)cccc1-c1cccc(CCl)c1.Cc1c(Cl)cccc1-c1cccc(COc2ccc3c(c2)C(=O)NC3CC(=O)O)c1.I. The average molecular weight is 1470 g/mol. The number of methoxy groups -OCH3 is 2. The molecule has 95 heavy (non-hydrogen) atoms. The van der Waals surface area contributed by atoms with Gasteiger partial charge in [-0.15, -0.1) is 35.6 Å². The van der Waals surface area contributed by atoms with Crippen molar-refractivity contribution in [2.24, 2.45) is 0 Å². The van der Waals surface area contributed by atoms with Gasteiger partial charge in [0.2, 0.25) is 0 Å². The van der Waals surface area contributed by atoms with Crippen molar-refractivity contribution in [2.75, 3.05) is 14.2 Å². The molecule has 3 amide bonds. The lowest BCUT2D eigenvalue weighted by Crippen LogP contribution is -2.21. The predicted octanol–water partition coefficient (Wildman–Crippen LogP) is 17.4. The van der Waals surface area contributed by atoms with E-state index in [1.807, 2.05) is 130 Å². The molecule has 5 N–H and O–H groups in total. The van der Waals surface area contributed by atoms with E-state index in [2.05, 4.69) is 51.0 Å². The normalized spacial score (nSPS) is 14.2. The van der Waals surface area contributed by atoms with Crippen LogP contribution in [0, 0.1) is 20.8 Å². The number of fused-ring (bicyclic) bond motifs is 3. The minimum atomic E-state index is -0.955. The minimum absolute atomic E-state index is 0. The molecule has 0 aromatic heterocycles. The first-order chi connectivity index (χ1) is 44.7. The summed E-state index contributed by atoms with van der Waals surface area (Å²) in [7, 11) is 2.64. The zero-order chi connectivity index (χ0) is 66.5. The number of carboxylic acid groups (broad SMARTS) is 1. The standard InChI is InChI=1S/C25H22ClNO4.C24H20ClNO4.C14H12Cl2.C11H11NO4.CH4.HI/c1-15-19(7-4-8-22(15)26)17-6-3-5-16(11-17)14-31-18-9-10-20-21(12-18)25(29)27-23(20)13-24(28)30-2;1-14-18(6-3-7-21(14)25)16-5-2-4-15(10-16)13-30-17-8-9-19-20(11-17)24(29)26-22(19)12-23(27)28;1-10-13(6-3-7-14(10)16)12-5-2-4-11(8-12)9-15;1-16-10(14)5-9-7-3-2-6(13)4-8(7)11(15)12-9;;/h3-12,23H,13-14H2,1-2H3,(H,27,29);2-11,22H,12-13H2,1H3,(H,26,29)(H,27,28);2-8H,9H2,1H3;2-4,9,13H,5H2,1H3,(H,12,15);1H4;1H. The van der Waals surface area contributed by atoms with Gasteiger partial charge < -0.3 is 45.1 Å². The molecular formula is C75H70Cl4IN3O12. The molecule has 9 aromatic carbocycles. The molecule has 3 heterocycles. The van der Waals surface area contributed by atoms with Crippen LogP contribution in [0.2, 0.25) is 15.1 Å². The minimum Gasteiger partial charge on any atom is -0.508 e. The van der Waals surface area contributed by atoms with Crippen LogP contribution in [0.25, 0.3) is 33.4 Å². The highest BCUT2D eigenvalue weighted by molar-refractivity contribution is 14.0. The van der Waals surface area contributed by atoms with Gasteiger partial charge in [0.25, 0.3) is 17.7 Å². The third-order valence-corrected chi connectivity index (χ3v) is 17.5. The van der Waals surface area contributed by atoms with Crippen LogP contribution >= 0.6 is 70.4 Å². The Kier molecular flexibility index (Phi) is 26.3. The summed E-state index contributed by atoms with van der Waals surface area (Å²) in [5, 5.41) is 28.7. The fourth-order valence-electron chi connectivity index (χ4n) is 11.0. The van der Waals surface area contributed by atoms with Crippen LogP contribution in [-0.4, -0.2) is 60.1 Å². The fraction of sp³-hybridized carbons (Fsp3) is 0.200. The number of alkyl halides is 1. The molecular weight excluding hydrogens is 1400 g/mol. The molecule has 3 aliphatic heterocycles. The first kappa shape index (κ1) is 73.5. The molecule has 3 unspecified atom stereocenters. The van der Waals surface area contributed by atoms with E-state index in [0.717, 1.165) is 81.8 Å². The van der Waals surface area contributed by atoms with Crippen molar-refractivity contribution < 1.29 is 57.9 Å². The lowest BCUT2D eigenvalue weighted by Gasteiger charge is -2.12. The van der Waals surface area contributed by atoms with Crippen molar-refractivity contribution in [3.63, 3.8) is 0 Å². The first-order valence-corrected chi connectivity index (χ1v) is 31.1. The van der Waals surface area contributed by atoms with E-state index in [1.54, 1.807) is 30.3 Å². The smallest absolute Gasteiger partial charge is 0.307 e. The van der Waals surface area contributed by atoms with Crippen molar-refractivity contribution in [1.82, 2.24) is 16.0 Å². The van der Waals surface area contributed by atoms with E-state index >= 15 is 0 Å². The maximum Gasteiger partial charge on any atom is 0.307 e. The second kappa shape index (κ2) is 34.0. The topological polar surface area (TPSA) is 216 Å². The fourth-order valence-corrected chi connectivity index (χ4v) is 11.7. The summed E-state index contributed by atoms with van der Waals surface area (Å²) in [5.41, 5.74) is 16.5. The zero-order valence-corrected chi connectivity index (χ0v) is 57.0. The van der Waals surface area contributed by atoms with Gasteiger partial charge in [-0.2, -0.15) is 0 Å². The van der Waals surface area contributed by atoms with E-state index in [4.69, 9.17) is 65.7 Å². The molecule has 0 saturated heterocycles. The van der Waals surface area contributed by atoms with Gasteiger partial charge in [-0.05, 0) is 177 Å². The van der Waals surface area contributed by atoms with Gasteiger partial charge in [0.15, 0.2) is 0 Å². The Morgan fingerprint density at radius 2 is 0.779 bits per heavy atom. The van der Waals surface area contributed by atoms with E-state index in [0.29, 0.717) is 58.4 Å². The van der Waals surface area contributed by atoms with Gasteiger partial charge in [0.05, 0.1) is 51.6 Å². The average Bonchev–Trinajstić information content (AvgIpc) is 1.67. The lowest BCUT2D eigenvalue weighted by molar-refractivity contribution is -0.142. The van der Waals surface area contributed by atoms with E-state index in [9.17, 15) is 33.9 Å². The Morgan fingerprint density at radius 3 is 1.15 bits per heavy atom. The number of phenolic OH excluding ortho intramolecular Hbond substituents is 1. The molecule has 0 spiro atoms. The number of carbonyl (C=O) groups is 6. The number of aromatic hydroxyl groups is 1. The Labute approximate surface area is 589 Å². The number of halogens is 5. The highest BCUT2D eigenvalue weighted by atomic mass is 127. The van der Waals surface area contributed by atoms with Crippen molar-refractivity contribution in [2.45, 2.75) is 84.7 Å². The maximum atomic E-state index is 12.3. The van der Waals surface area contributed by atoms with E-state index in [-0.39, 0.29) is 98.2 Å². The number of benzene rings is 9. The van der Waals surface area contributed by atoms with Crippen LogP contribution in [-0.2, 0) is 43.0 Å². The number of hydrogen-bond acceptors (Lipinski definition) is 11. The van der Waals surface area contributed by atoms with Crippen LogP contribution in [0.1, 0.15) is 126 Å². The molecule has 3 atom stereocenters. The number of ether oxygens (including phenoxy) is 4. The molecule has 0 fully saturated rings. The molecule has 20 heteroatoms. The molecule has 0 saturated carbocycles. The summed E-state index contributed by atoms with van der Waals surface area (Å²) in [4.78, 5) is 69.7. The second-order valence-corrected chi connectivity index (χ2v) is 23.5. The van der Waals surface area contributed by atoms with Crippen molar-refractivity contribution in [3.05, 3.63) is 264 Å². The quantitative estimate of drug-likeness (QED) is 0.0347. The monoisotopic (exact) mass is 1470 g/mol. The van der Waals surface area contributed by atoms with E-state index < -0.39 is 12.0 Å². The summed E-state index contributed by atoms with van der Waals surface area (Å²) < 4.78 is 21.1. The summed E-state index contributed by atoms with van der Waals surface area (Å²) in [6.45, 7) is 6.73. The second-order valence-electron chi connectivity index (χ2n) is 22.1. The van der Waals surface area contributed by atoms with Gasteiger partial charge in [0, 0.05) is 37.6 Å². The highest BCUT2D eigenvalue weighted by Gasteiger charge is 2.33. The Bertz CT molecular complexity index is 4320. The number of nitrogens with one attached hydrogen (secondary N) is 3. The van der Waals surface area contributed by atoms with Crippen LogP contribution in [0.15, 0.2) is 182 Å². The molecule has 0 aliphatic carbocycles. The van der Waals surface area contributed by atoms with Gasteiger partial charge in [-0.3, -0.25) is 28.8 Å². The lowest BCUT2D eigenvalue weighted by atomic mass is 9.99. The largest absolute Gasteiger partial charge is 0.508 e. The summed E-state index contributed by atoms with van der Waals surface area (Å²) in [6.07, 6.45) is 0.0554. The zero-order valence-electron chi connectivity index (χ0n) is 51.7. The van der Waals surface area contributed by atoms with Crippen LogP contribution in [0.3, 0.4) is 0 Å². The molecule has 0 bridgehead atoms. The van der Waals surface area contributed by atoms with Crippen molar-refractivity contribution in [3.8, 4) is 50.6 Å². The molecule has 0 radical (unpaired) electrons. The maximum absolute atomic E-state index is 12.3. The highest BCUT2D eigenvalue weighted by Crippen LogP contribution is 2.36. The Balaban J connectivity index is 0.000000186. The van der Waals surface area contributed by atoms with Crippen molar-refractivity contribution >= 4 is 106 Å². The van der Waals surface area contributed by atoms with Gasteiger partial charge in [0.1, 0.15) is 30.5 Å². The Hall–Kier alpha value is -8.91. The predicted molar refractivity (Wildman–Crippen MR) is 382 cm³/mol. The first-order valence-electron chi connectivity index (χ1n) is 29.5. The van der Waals surface area contributed by atoms with Crippen LogP contribution in [0.5, 0.6) is 17.2 Å². The van der Waals surface area contributed by atoms with Gasteiger partial charge in [-0.25, -0.2) is 0 Å². The molecule has 492 valence electrons. The molecule has 12 rings (SSSR count). The number of carboxylic acids is 1. The van der Waals surface area contributed by atoms with Crippen LogP contribution in [0.4, 0.5) is 0 Å². The third-order valence-electron chi connectivity index (χ3n) is 15.9. The number of amides is 3. The number of hydrogen-bond donors (Lipinski definition) is 5. The number of carbonyl (C=O) groups excluding carboxylic acids is 5. The number of aliphatic carboxylic acids is 1. The number of rotatable bonds is 16. The summed E-state index contributed by atoms with van der Waals surface area (Å²) in [5.74, 6) is -0.752. The summed E-state index contributed by atoms with van der Waals surface area (Å²) >= 11 is 24.5. The summed E-state index contributed by atoms with van der Waals surface area (Å²) in [6, 6.07) is 55.8. The van der Waals surface area contributed by atoms with Crippen molar-refractivity contribution in [1.29, 1.82) is 0 Å². The number of esters is 2. The third kappa shape index (κ3) is 18.5. The molecule has 3 aliphatic rings. The Morgan fingerprint density at radius 1 is 0.442 bits per heavy atom.